The fraction of sp³-hybridized carbons (Fsp3) is 0.0400. The van der Waals surface area contributed by atoms with E-state index in [1.54, 1.807) is 42.5 Å². The SMILES string of the molecule is Cc1sc(NC(=O)c2cccc(N3C(=O)c4ccccc4C3=O)c2)nc1-c1ccc(Br)cc1. The number of aromatic nitrogens is 1. The number of hydrogen-bond acceptors (Lipinski definition) is 5. The van der Waals surface area contributed by atoms with Crippen molar-refractivity contribution in [2.45, 2.75) is 6.92 Å². The molecule has 4 aromatic rings. The van der Waals surface area contributed by atoms with Crippen LogP contribution < -0.4 is 10.2 Å². The summed E-state index contributed by atoms with van der Waals surface area (Å²) in [6.45, 7) is 1.95. The Hall–Kier alpha value is -3.62. The minimum atomic E-state index is -0.400. The molecule has 6 nitrogen and oxygen atoms in total. The number of rotatable bonds is 4. The molecule has 1 aromatic heterocycles. The fourth-order valence-corrected chi connectivity index (χ4v) is 4.80. The molecule has 0 saturated heterocycles. The molecule has 1 N–H and O–H groups in total. The van der Waals surface area contributed by atoms with Gasteiger partial charge in [-0.15, -0.1) is 11.3 Å². The molecule has 0 unspecified atom stereocenters. The lowest BCUT2D eigenvalue weighted by Crippen LogP contribution is -2.29. The summed E-state index contributed by atoms with van der Waals surface area (Å²) in [6, 6.07) is 20.9. The van der Waals surface area contributed by atoms with Crippen LogP contribution in [0.5, 0.6) is 0 Å². The number of carbonyl (C=O) groups is 3. The molecule has 0 bridgehead atoms. The predicted molar refractivity (Wildman–Crippen MR) is 132 cm³/mol. The highest BCUT2D eigenvalue weighted by molar-refractivity contribution is 9.10. The van der Waals surface area contributed by atoms with Gasteiger partial charge in [0.05, 0.1) is 22.5 Å². The number of carbonyl (C=O) groups excluding carboxylic acids is 3. The van der Waals surface area contributed by atoms with Gasteiger partial charge in [-0.2, -0.15) is 0 Å². The molecule has 5 rings (SSSR count). The third-order valence-corrected chi connectivity index (χ3v) is 6.71. The molecule has 1 aliphatic rings. The zero-order valence-corrected chi connectivity index (χ0v) is 19.7. The summed E-state index contributed by atoms with van der Waals surface area (Å²) in [5, 5.41) is 3.30. The summed E-state index contributed by atoms with van der Waals surface area (Å²) in [4.78, 5) is 45.1. The summed E-state index contributed by atoms with van der Waals surface area (Å²) < 4.78 is 0.977. The third-order valence-electron chi connectivity index (χ3n) is 5.30. The molecule has 0 atom stereocenters. The van der Waals surface area contributed by atoms with E-state index < -0.39 is 11.8 Å². The van der Waals surface area contributed by atoms with E-state index in [0.717, 1.165) is 25.5 Å². The number of hydrogen-bond donors (Lipinski definition) is 1. The van der Waals surface area contributed by atoms with Gasteiger partial charge in [0.15, 0.2) is 5.13 Å². The summed E-state index contributed by atoms with van der Waals surface area (Å²) in [7, 11) is 0. The zero-order chi connectivity index (χ0) is 23.1. The average molecular weight is 518 g/mol. The van der Waals surface area contributed by atoms with Gasteiger partial charge in [0.1, 0.15) is 0 Å². The van der Waals surface area contributed by atoms with Crippen molar-refractivity contribution in [3.05, 3.63) is 98.8 Å². The first kappa shape index (κ1) is 21.2. The Morgan fingerprint density at radius 1 is 0.939 bits per heavy atom. The second kappa shape index (κ2) is 8.38. The highest BCUT2D eigenvalue weighted by atomic mass is 79.9. The minimum absolute atomic E-state index is 0.321. The number of amides is 3. The molecule has 0 radical (unpaired) electrons. The van der Waals surface area contributed by atoms with Crippen molar-refractivity contribution in [3.63, 3.8) is 0 Å². The van der Waals surface area contributed by atoms with Crippen LogP contribution in [0.4, 0.5) is 10.8 Å². The Bertz CT molecular complexity index is 1390. The van der Waals surface area contributed by atoms with Gasteiger partial charge >= 0.3 is 0 Å². The largest absolute Gasteiger partial charge is 0.298 e. The van der Waals surface area contributed by atoms with E-state index >= 15 is 0 Å². The summed E-state index contributed by atoms with van der Waals surface area (Å²) in [6.07, 6.45) is 0. The van der Waals surface area contributed by atoms with Crippen LogP contribution in [0.3, 0.4) is 0 Å². The average Bonchev–Trinajstić information content (AvgIpc) is 3.31. The second-order valence-corrected chi connectivity index (χ2v) is 9.55. The molecular formula is C25H16BrN3O3S. The smallest absolute Gasteiger partial charge is 0.266 e. The Morgan fingerprint density at radius 2 is 1.61 bits per heavy atom. The Kier molecular flexibility index (Phi) is 5.39. The van der Waals surface area contributed by atoms with E-state index in [1.807, 2.05) is 31.2 Å². The van der Waals surface area contributed by atoms with E-state index in [1.165, 1.54) is 17.4 Å². The van der Waals surface area contributed by atoms with Crippen LogP contribution in [0, 0.1) is 6.92 Å². The maximum atomic E-state index is 12.9. The number of nitrogens with one attached hydrogen (secondary N) is 1. The second-order valence-electron chi connectivity index (χ2n) is 7.43. The lowest BCUT2D eigenvalue weighted by molar-refractivity contribution is 0.0924. The lowest BCUT2D eigenvalue weighted by Gasteiger charge is -2.14. The van der Waals surface area contributed by atoms with E-state index in [-0.39, 0.29) is 5.91 Å². The van der Waals surface area contributed by atoms with Crippen LogP contribution in [0.25, 0.3) is 11.3 Å². The van der Waals surface area contributed by atoms with Crippen LogP contribution in [0.15, 0.2) is 77.3 Å². The van der Waals surface area contributed by atoms with E-state index in [9.17, 15) is 14.4 Å². The van der Waals surface area contributed by atoms with Gasteiger partial charge in [0.25, 0.3) is 17.7 Å². The van der Waals surface area contributed by atoms with Crippen molar-refractivity contribution in [1.29, 1.82) is 0 Å². The quantitative estimate of drug-likeness (QED) is 0.340. The number of nitrogens with zero attached hydrogens (tertiary/aromatic N) is 2. The molecule has 0 saturated carbocycles. The zero-order valence-electron chi connectivity index (χ0n) is 17.3. The van der Waals surface area contributed by atoms with Crippen molar-refractivity contribution >= 4 is 55.8 Å². The predicted octanol–water partition coefficient (Wildman–Crippen LogP) is 5.93. The maximum Gasteiger partial charge on any atom is 0.266 e. The van der Waals surface area contributed by atoms with Crippen LogP contribution in [-0.4, -0.2) is 22.7 Å². The van der Waals surface area contributed by atoms with E-state index in [0.29, 0.717) is 27.5 Å². The monoisotopic (exact) mass is 517 g/mol. The summed E-state index contributed by atoms with van der Waals surface area (Å²) >= 11 is 4.81. The van der Waals surface area contributed by atoms with Crippen LogP contribution in [0.2, 0.25) is 0 Å². The van der Waals surface area contributed by atoms with E-state index in [2.05, 4.69) is 26.2 Å². The van der Waals surface area contributed by atoms with Gasteiger partial charge in [-0.05, 0) is 49.4 Å². The van der Waals surface area contributed by atoms with Crippen molar-refractivity contribution in [1.82, 2.24) is 4.98 Å². The Labute approximate surface area is 202 Å². The van der Waals surface area contributed by atoms with Crippen molar-refractivity contribution < 1.29 is 14.4 Å². The normalized spacial score (nSPS) is 12.7. The number of benzene rings is 3. The molecule has 162 valence electrons. The topological polar surface area (TPSA) is 79.4 Å². The third kappa shape index (κ3) is 3.88. The van der Waals surface area contributed by atoms with Gasteiger partial charge in [-0.25, -0.2) is 9.88 Å². The number of anilines is 2. The first-order valence-corrected chi connectivity index (χ1v) is 11.7. The number of halogens is 1. The molecule has 0 spiro atoms. The number of aryl methyl sites for hydroxylation is 1. The summed E-state index contributed by atoms with van der Waals surface area (Å²) in [5.41, 5.74) is 3.15. The van der Waals surface area contributed by atoms with Crippen molar-refractivity contribution in [2.24, 2.45) is 0 Å². The molecule has 33 heavy (non-hydrogen) atoms. The highest BCUT2D eigenvalue weighted by Gasteiger charge is 2.36. The molecule has 8 heteroatoms. The molecule has 3 aromatic carbocycles. The van der Waals surface area contributed by atoms with Gasteiger partial charge in [0, 0.05) is 20.5 Å². The minimum Gasteiger partial charge on any atom is -0.298 e. The van der Waals surface area contributed by atoms with Crippen LogP contribution in [-0.2, 0) is 0 Å². The van der Waals surface area contributed by atoms with Crippen LogP contribution in [0.1, 0.15) is 36.0 Å². The lowest BCUT2D eigenvalue weighted by atomic mass is 10.1. The van der Waals surface area contributed by atoms with Crippen molar-refractivity contribution in [2.75, 3.05) is 10.2 Å². The first-order chi connectivity index (χ1) is 15.9. The molecule has 1 aliphatic heterocycles. The molecule has 3 amide bonds. The first-order valence-electron chi connectivity index (χ1n) is 10.0. The molecule has 0 fully saturated rings. The highest BCUT2D eigenvalue weighted by Crippen LogP contribution is 2.32. The molecular weight excluding hydrogens is 502 g/mol. The van der Waals surface area contributed by atoms with Gasteiger partial charge in [-0.1, -0.05) is 46.3 Å². The summed E-state index contributed by atoms with van der Waals surface area (Å²) in [5.74, 6) is -1.17. The van der Waals surface area contributed by atoms with Gasteiger partial charge in [0.2, 0.25) is 0 Å². The molecule has 0 aliphatic carbocycles. The van der Waals surface area contributed by atoms with Gasteiger partial charge in [-0.3, -0.25) is 19.7 Å². The number of imide groups is 1. The number of thiazole rings is 1. The van der Waals surface area contributed by atoms with E-state index in [4.69, 9.17) is 0 Å². The maximum absolute atomic E-state index is 12.9. The fourth-order valence-electron chi connectivity index (χ4n) is 3.70. The standard InChI is InChI=1S/C25H16BrN3O3S/c1-14-21(15-9-11-17(26)12-10-15)27-25(33-14)28-22(30)16-5-4-6-18(13-16)29-23(31)19-7-2-3-8-20(19)24(29)32/h2-13H,1H3,(H,27,28,30). The van der Waals surface area contributed by atoms with Crippen LogP contribution >= 0.6 is 27.3 Å². The van der Waals surface area contributed by atoms with Gasteiger partial charge < -0.3 is 0 Å². The Balaban J connectivity index is 1.39. The Morgan fingerprint density at radius 3 is 2.27 bits per heavy atom. The number of fused-ring (bicyclic) bond motifs is 1. The van der Waals surface area contributed by atoms with Crippen molar-refractivity contribution in [3.8, 4) is 11.3 Å². The molecule has 2 heterocycles.